The summed E-state index contributed by atoms with van der Waals surface area (Å²) in [7, 11) is 1.80. The van der Waals surface area contributed by atoms with Crippen LogP contribution in [0, 0.1) is 6.92 Å². The Morgan fingerprint density at radius 2 is 2.04 bits per heavy atom. The minimum atomic E-state index is 0.422. The van der Waals surface area contributed by atoms with Gasteiger partial charge in [-0.1, -0.05) is 42.8 Å². The van der Waals surface area contributed by atoms with Crippen molar-refractivity contribution in [3.63, 3.8) is 0 Å². The number of aliphatic imine (C=N–C) groups is 1. The fourth-order valence-electron chi connectivity index (χ4n) is 3.08. The third kappa shape index (κ3) is 5.06. The van der Waals surface area contributed by atoms with Crippen LogP contribution in [-0.2, 0) is 6.42 Å². The highest BCUT2D eigenvalue weighted by Gasteiger charge is 2.07. The number of rotatable bonds is 7. The van der Waals surface area contributed by atoms with Gasteiger partial charge >= 0.3 is 0 Å². The van der Waals surface area contributed by atoms with E-state index in [1.165, 1.54) is 11.1 Å². The molecule has 0 saturated heterocycles. The SMILES string of the molecule is CN=C(NCCCc1nnc2ccccn12)NCC(C)c1cccc(C)c1. The van der Waals surface area contributed by atoms with E-state index in [0.717, 1.165) is 43.4 Å². The molecular formula is C21H28N6. The maximum Gasteiger partial charge on any atom is 0.190 e. The van der Waals surface area contributed by atoms with Gasteiger partial charge in [0.25, 0.3) is 0 Å². The maximum absolute atomic E-state index is 4.32. The summed E-state index contributed by atoms with van der Waals surface area (Å²) >= 11 is 0. The minimum Gasteiger partial charge on any atom is -0.356 e. The second-order valence-corrected chi connectivity index (χ2v) is 6.84. The number of pyridine rings is 1. The summed E-state index contributed by atoms with van der Waals surface area (Å²) in [5.74, 6) is 2.25. The number of benzene rings is 1. The quantitative estimate of drug-likeness (QED) is 0.384. The molecule has 6 heteroatoms. The molecule has 2 N–H and O–H groups in total. The highest BCUT2D eigenvalue weighted by molar-refractivity contribution is 5.79. The van der Waals surface area contributed by atoms with E-state index >= 15 is 0 Å². The first-order valence-corrected chi connectivity index (χ1v) is 9.47. The smallest absolute Gasteiger partial charge is 0.190 e. The molecule has 0 aliphatic heterocycles. The molecule has 0 radical (unpaired) electrons. The van der Waals surface area contributed by atoms with Crippen LogP contribution in [0.25, 0.3) is 5.65 Å². The number of hydrogen-bond acceptors (Lipinski definition) is 3. The molecular weight excluding hydrogens is 336 g/mol. The predicted molar refractivity (Wildman–Crippen MR) is 110 cm³/mol. The third-order valence-corrected chi connectivity index (χ3v) is 4.66. The van der Waals surface area contributed by atoms with Gasteiger partial charge in [0.1, 0.15) is 5.82 Å². The average molecular weight is 364 g/mol. The topological polar surface area (TPSA) is 66.6 Å². The van der Waals surface area contributed by atoms with Gasteiger partial charge < -0.3 is 10.6 Å². The standard InChI is InChI=1S/C21H28N6/c1-16-8-6-9-18(14-16)17(2)15-24-21(22-3)23-12-7-11-20-26-25-19-10-4-5-13-27(19)20/h4-6,8-10,13-14,17H,7,11-12,15H2,1-3H3,(H2,22,23,24). The summed E-state index contributed by atoms with van der Waals surface area (Å²) in [5, 5.41) is 15.3. The van der Waals surface area contributed by atoms with Crippen LogP contribution in [0.5, 0.6) is 0 Å². The van der Waals surface area contributed by atoms with E-state index < -0.39 is 0 Å². The molecule has 0 spiro atoms. The molecule has 27 heavy (non-hydrogen) atoms. The molecule has 0 amide bonds. The minimum absolute atomic E-state index is 0.422. The molecule has 0 aliphatic carbocycles. The monoisotopic (exact) mass is 364 g/mol. The highest BCUT2D eigenvalue weighted by Crippen LogP contribution is 2.15. The molecule has 1 atom stereocenters. The molecule has 1 aromatic carbocycles. The van der Waals surface area contributed by atoms with E-state index in [2.05, 4.69) is 63.9 Å². The van der Waals surface area contributed by atoms with Crippen molar-refractivity contribution < 1.29 is 0 Å². The summed E-state index contributed by atoms with van der Waals surface area (Å²) in [4.78, 5) is 4.32. The van der Waals surface area contributed by atoms with Crippen molar-refractivity contribution in [3.05, 3.63) is 65.6 Å². The van der Waals surface area contributed by atoms with Gasteiger partial charge in [-0.3, -0.25) is 9.39 Å². The fraction of sp³-hybridized carbons (Fsp3) is 0.381. The van der Waals surface area contributed by atoms with Crippen molar-refractivity contribution in [2.75, 3.05) is 20.1 Å². The normalized spacial score (nSPS) is 12.9. The molecule has 2 heterocycles. The van der Waals surface area contributed by atoms with Gasteiger partial charge in [-0.2, -0.15) is 0 Å². The molecule has 3 rings (SSSR count). The lowest BCUT2D eigenvalue weighted by atomic mass is 9.99. The van der Waals surface area contributed by atoms with Crippen LogP contribution < -0.4 is 10.6 Å². The van der Waals surface area contributed by atoms with Crippen LogP contribution in [0.2, 0.25) is 0 Å². The Hall–Kier alpha value is -2.89. The van der Waals surface area contributed by atoms with Crippen LogP contribution in [0.4, 0.5) is 0 Å². The van der Waals surface area contributed by atoms with Gasteiger partial charge in [-0.25, -0.2) is 0 Å². The van der Waals surface area contributed by atoms with Gasteiger partial charge in [0, 0.05) is 32.8 Å². The predicted octanol–water partition coefficient (Wildman–Crippen LogP) is 2.94. The molecule has 3 aromatic rings. The third-order valence-electron chi connectivity index (χ3n) is 4.66. The first-order chi connectivity index (χ1) is 13.2. The molecule has 142 valence electrons. The van der Waals surface area contributed by atoms with Crippen molar-refractivity contribution in [2.45, 2.75) is 32.6 Å². The van der Waals surface area contributed by atoms with Crippen LogP contribution in [-0.4, -0.2) is 40.7 Å². The fourth-order valence-corrected chi connectivity index (χ4v) is 3.08. The zero-order valence-corrected chi connectivity index (χ0v) is 16.3. The van der Waals surface area contributed by atoms with Crippen molar-refractivity contribution >= 4 is 11.6 Å². The van der Waals surface area contributed by atoms with Crippen LogP contribution in [0.3, 0.4) is 0 Å². The van der Waals surface area contributed by atoms with Crippen molar-refractivity contribution in [2.24, 2.45) is 4.99 Å². The largest absolute Gasteiger partial charge is 0.356 e. The molecule has 1 unspecified atom stereocenters. The maximum atomic E-state index is 4.32. The van der Waals surface area contributed by atoms with E-state index in [4.69, 9.17) is 0 Å². The second-order valence-electron chi connectivity index (χ2n) is 6.84. The lowest BCUT2D eigenvalue weighted by Gasteiger charge is -2.16. The summed E-state index contributed by atoms with van der Waals surface area (Å²) in [5.41, 5.74) is 3.53. The van der Waals surface area contributed by atoms with E-state index in [1.54, 1.807) is 7.05 Å². The van der Waals surface area contributed by atoms with Crippen molar-refractivity contribution in [1.29, 1.82) is 0 Å². The Morgan fingerprint density at radius 1 is 1.15 bits per heavy atom. The molecule has 0 aliphatic rings. The number of aromatic nitrogens is 3. The number of aryl methyl sites for hydroxylation is 2. The zero-order chi connectivity index (χ0) is 19.1. The number of hydrogen-bond donors (Lipinski definition) is 2. The van der Waals surface area contributed by atoms with Gasteiger partial charge in [0.05, 0.1) is 0 Å². The Kier molecular flexibility index (Phi) is 6.41. The van der Waals surface area contributed by atoms with Crippen LogP contribution in [0.1, 0.15) is 36.2 Å². The van der Waals surface area contributed by atoms with Gasteiger partial charge in [0.2, 0.25) is 0 Å². The van der Waals surface area contributed by atoms with E-state index in [0.29, 0.717) is 5.92 Å². The Morgan fingerprint density at radius 3 is 2.85 bits per heavy atom. The van der Waals surface area contributed by atoms with Crippen molar-refractivity contribution in [1.82, 2.24) is 25.2 Å². The first-order valence-electron chi connectivity index (χ1n) is 9.47. The average Bonchev–Trinajstić information content (AvgIpc) is 3.10. The number of nitrogens with one attached hydrogen (secondary N) is 2. The lowest BCUT2D eigenvalue weighted by Crippen LogP contribution is -2.39. The number of guanidine groups is 1. The number of nitrogens with zero attached hydrogens (tertiary/aromatic N) is 4. The molecule has 2 aromatic heterocycles. The molecule has 6 nitrogen and oxygen atoms in total. The summed E-state index contributed by atoms with van der Waals surface area (Å²) in [6.07, 6.45) is 3.84. The van der Waals surface area contributed by atoms with Gasteiger partial charge in [-0.05, 0) is 37.0 Å². The first kappa shape index (κ1) is 18.9. The van der Waals surface area contributed by atoms with Crippen LogP contribution in [0.15, 0.2) is 53.7 Å². The summed E-state index contributed by atoms with van der Waals surface area (Å²) in [6, 6.07) is 14.6. The van der Waals surface area contributed by atoms with Crippen molar-refractivity contribution in [3.8, 4) is 0 Å². The van der Waals surface area contributed by atoms with Crippen LogP contribution >= 0.6 is 0 Å². The highest BCUT2D eigenvalue weighted by atomic mass is 15.2. The Bertz CT molecular complexity index is 898. The molecule has 0 bridgehead atoms. The molecule has 0 fully saturated rings. The zero-order valence-electron chi connectivity index (χ0n) is 16.3. The van der Waals surface area contributed by atoms with Gasteiger partial charge in [0.15, 0.2) is 11.6 Å². The van der Waals surface area contributed by atoms with Gasteiger partial charge in [-0.15, -0.1) is 10.2 Å². The summed E-state index contributed by atoms with van der Waals surface area (Å²) < 4.78 is 2.04. The lowest BCUT2D eigenvalue weighted by molar-refractivity contribution is 0.681. The van der Waals surface area contributed by atoms with E-state index in [1.807, 2.05) is 28.8 Å². The molecule has 0 saturated carbocycles. The summed E-state index contributed by atoms with van der Waals surface area (Å²) in [6.45, 7) is 6.03. The second kappa shape index (κ2) is 9.16. The van der Waals surface area contributed by atoms with E-state index in [-0.39, 0.29) is 0 Å². The van der Waals surface area contributed by atoms with E-state index in [9.17, 15) is 0 Å². The number of fused-ring (bicyclic) bond motifs is 1. The Balaban J connectivity index is 1.43. The Labute approximate surface area is 160 Å².